The van der Waals surface area contributed by atoms with Crippen LogP contribution in [0.2, 0.25) is 0 Å². The van der Waals surface area contributed by atoms with Crippen LogP contribution in [-0.4, -0.2) is 41.9 Å². The number of benzene rings is 1. The Hall–Kier alpha value is -2.21. The highest BCUT2D eigenvalue weighted by Crippen LogP contribution is 2.13. The molecule has 2 aromatic rings. The molecule has 0 unspecified atom stereocenters. The minimum absolute atomic E-state index is 0.0551. The van der Waals surface area contributed by atoms with Crippen LogP contribution in [0.3, 0.4) is 0 Å². The molecular formula is C18H27N4O2+. The molecule has 0 radical (unpaired) electrons. The van der Waals surface area contributed by atoms with Crippen molar-refractivity contribution in [3.05, 3.63) is 40.3 Å². The molecule has 130 valence electrons. The van der Waals surface area contributed by atoms with Gasteiger partial charge in [-0.1, -0.05) is 18.2 Å². The number of fused-ring (bicyclic) bond motifs is 1. The molecule has 1 amide bonds. The van der Waals surface area contributed by atoms with Gasteiger partial charge in [-0.05, 0) is 26.8 Å². The molecule has 0 fully saturated rings. The Bertz CT molecular complexity index is 750. The van der Waals surface area contributed by atoms with Gasteiger partial charge in [0.2, 0.25) is 5.91 Å². The molecule has 0 saturated carbocycles. The maximum atomic E-state index is 12.3. The molecule has 0 bridgehead atoms. The van der Waals surface area contributed by atoms with Crippen LogP contribution in [0.4, 0.5) is 0 Å². The summed E-state index contributed by atoms with van der Waals surface area (Å²) in [5.74, 6) is -0.0551. The fraction of sp³-hybridized carbons (Fsp3) is 0.500. The number of aryl methyl sites for hydroxylation is 1. The van der Waals surface area contributed by atoms with E-state index in [1.165, 1.54) is 9.58 Å². The molecule has 24 heavy (non-hydrogen) atoms. The van der Waals surface area contributed by atoms with Gasteiger partial charge < -0.3 is 10.2 Å². The molecule has 0 atom stereocenters. The fourth-order valence-corrected chi connectivity index (χ4v) is 2.85. The highest BCUT2D eigenvalue weighted by Gasteiger charge is 2.13. The molecule has 6 heteroatoms. The highest BCUT2D eigenvalue weighted by molar-refractivity contribution is 5.88. The lowest BCUT2D eigenvalue weighted by Gasteiger charge is -2.15. The van der Waals surface area contributed by atoms with Crippen molar-refractivity contribution < 1.29 is 9.69 Å². The lowest BCUT2D eigenvalue weighted by Crippen LogP contribution is -3.12. The molecule has 1 heterocycles. The van der Waals surface area contributed by atoms with Crippen LogP contribution >= 0.6 is 0 Å². The maximum absolute atomic E-state index is 12.3. The van der Waals surface area contributed by atoms with Crippen molar-refractivity contribution in [2.45, 2.75) is 33.7 Å². The minimum Gasteiger partial charge on any atom is -0.350 e. The van der Waals surface area contributed by atoms with Crippen LogP contribution in [0, 0.1) is 0 Å². The van der Waals surface area contributed by atoms with Gasteiger partial charge in [0.15, 0.2) is 0 Å². The summed E-state index contributed by atoms with van der Waals surface area (Å²) in [5, 5.41) is 8.71. The van der Waals surface area contributed by atoms with Crippen molar-refractivity contribution in [2.75, 3.05) is 26.2 Å². The first-order chi connectivity index (χ1) is 11.6. The first-order valence-electron chi connectivity index (χ1n) is 8.69. The van der Waals surface area contributed by atoms with Crippen LogP contribution < -0.4 is 15.8 Å². The second-order valence-corrected chi connectivity index (χ2v) is 5.85. The SMILES string of the molecule is CCn1nc(CC(=O)NCC[NH+](CC)CC)c2ccccc2c1=O. The zero-order valence-corrected chi connectivity index (χ0v) is 14.8. The van der Waals surface area contributed by atoms with Crippen LogP contribution in [0.1, 0.15) is 26.5 Å². The molecule has 1 aromatic carbocycles. The molecule has 1 aromatic heterocycles. The molecule has 0 saturated heterocycles. The van der Waals surface area contributed by atoms with Crippen molar-refractivity contribution in [1.29, 1.82) is 0 Å². The Morgan fingerprint density at radius 3 is 2.46 bits per heavy atom. The Morgan fingerprint density at radius 1 is 1.17 bits per heavy atom. The number of hydrogen-bond acceptors (Lipinski definition) is 3. The number of likely N-dealkylation sites (N-methyl/N-ethyl adjacent to an activating group) is 1. The summed E-state index contributed by atoms with van der Waals surface area (Å²) >= 11 is 0. The average molecular weight is 331 g/mol. The number of quaternary nitrogens is 1. The van der Waals surface area contributed by atoms with Gasteiger partial charge >= 0.3 is 0 Å². The van der Waals surface area contributed by atoms with E-state index < -0.39 is 0 Å². The van der Waals surface area contributed by atoms with Gasteiger partial charge in [0.25, 0.3) is 5.56 Å². The predicted molar refractivity (Wildman–Crippen MR) is 95.3 cm³/mol. The standard InChI is InChI=1S/C18H26N4O2/c1-4-21(5-2)12-11-19-17(23)13-16-14-9-7-8-10-15(14)18(24)22(6-3)20-16/h7-10H,4-6,11-13H2,1-3H3,(H,19,23)/p+1. The lowest BCUT2D eigenvalue weighted by atomic mass is 10.1. The summed E-state index contributed by atoms with van der Waals surface area (Å²) in [6.07, 6.45) is 0.189. The van der Waals surface area contributed by atoms with Crippen molar-refractivity contribution in [1.82, 2.24) is 15.1 Å². The number of carbonyl (C=O) groups is 1. The number of nitrogens with one attached hydrogen (secondary N) is 2. The third-order valence-corrected chi connectivity index (χ3v) is 4.37. The van der Waals surface area contributed by atoms with E-state index in [9.17, 15) is 9.59 Å². The molecular weight excluding hydrogens is 304 g/mol. The largest absolute Gasteiger partial charge is 0.350 e. The van der Waals surface area contributed by atoms with Gasteiger partial charge in [-0.25, -0.2) is 4.68 Å². The quantitative estimate of drug-likeness (QED) is 0.715. The molecule has 2 N–H and O–H groups in total. The average Bonchev–Trinajstić information content (AvgIpc) is 2.61. The molecule has 6 nitrogen and oxygen atoms in total. The number of rotatable bonds is 8. The minimum atomic E-state index is -0.109. The first kappa shape index (κ1) is 18.1. The topological polar surface area (TPSA) is 68.4 Å². The third-order valence-electron chi connectivity index (χ3n) is 4.37. The van der Waals surface area contributed by atoms with E-state index >= 15 is 0 Å². The van der Waals surface area contributed by atoms with Crippen molar-refractivity contribution in [3.8, 4) is 0 Å². The monoisotopic (exact) mass is 331 g/mol. The van der Waals surface area contributed by atoms with Crippen molar-refractivity contribution in [2.24, 2.45) is 0 Å². The summed E-state index contributed by atoms with van der Waals surface area (Å²) in [4.78, 5) is 26.0. The Morgan fingerprint density at radius 2 is 1.83 bits per heavy atom. The van der Waals surface area contributed by atoms with Crippen LogP contribution in [0.5, 0.6) is 0 Å². The normalized spacial score (nSPS) is 11.2. The van der Waals surface area contributed by atoms with Gasteiger partial charge in [-0.3, -0.25) is 9.59 Å². The molecule has 2 rings (SSSR count). The van der Waals surface area contributed by atoms with E-state index in [1.807, 2.05) is 25.1 Å². The number of hydrogen-bond donors (Lipinski definition) is 2. The fourth-order valence-electron chi connectivity index (χ4n) is 2.85. The number of carbonyl (C=O) groups excluding carboxylic acids is 1. The van der Waals surface area contributed by atoms with Gasteiger partial charge in [0.05, 0.1) is 43.7 Å². The van der Waals surface area contributed by atoms with Gasteiger partial charge in [0, 0.05) is 11.9 Å². The predicted octanol–water partition coefficient (Wildman–Crippen LogP) is -0.000200. The highest BCUT2D eigenvalue weighted by atomic mass is 16.1. The van der Waals surface area contributed by atoms with Gasteiger partial charge in [0.1, 0.15) is 0 Å². The van der Waals surface area contributed by atoms with Crippen LogP contribution in [0.25, 0.3) is 10.8 Å². The lowest BCUT2D eigenvalue weighted by molar-refractivity contribution is -0.895. The number of nitrogens with zero attached hydrogens (tertiary/aromatic N) is 2. The number of amides is 1. The van der Waals surface area contributed by atoms with E-state index in [-0.39, 0.29) is 17.9 Å². The van der Waals surface area contributed by atoms with Crippen molar-refractivity contribution >= 4 is 16.7 Å². The second-order valence-electron chi connectivity index (χ2n) is 5.85. The Labute approximate surface area is 142 Å². The second kappa shape index (κ2) is 8.59. The van der Waals surface area contributed by atoms with E-state index in [0.717, 1.165) is 25.0 Å². The van der Waals surface area contributed by atoms with Crippen LogP contribution in [0.15, 0.2) is 29.1 Å². The zero-order valence-electron chi connectivity index (χ0n) is 14.8. The van der Waals surface area contributed by atoms with Gasteiger partial charge in [-0.15, -0.1) is 0 Å². The summed E-state index contributed by atoms with van der Waals surface area (Å²) < 4.78 is 1.42. The first-order valence-corrected chi connectivity index (χ1v) is 8.69. The number of aromatic nitrogens is 2. The molecule has 0 aliphatic carbocycles. The van der Waals surface area contributed by atoms with E-state index in [2.05, 4.69) is 24.3 Å². The summed E-state index contributed by atoms with van der Waals surface area (Å²) in [7, 11) is 0. The maximum Gasteiger partial charge on any atom is 0.274 e. The van der Waals surface area contributed by atoms with E-state index in [4.69, 9.17) is 0 Å². The van der Waals surface area contributed by atoms with Gasteiger partial charge in [-0.2, -0.15) is 5.10 Å². The summed E-state index contributed by atoms with van der Waals surface area (Å²) in [5.41, 5.74) is 0.544. The summed E-state index contributed by atoms with van der Waals surface area (Å²) in [6, 6.07) is 7.34. The molecule has 0 aliphatic rings. The molecule has 0 spiro atoms. The Kier molecular flexibility index (Phi) is 6.49. The van der Waals surface area contributed by atoms with Crippen LogP contribution in [-0.2, 0) is 17.8 Å². The third kappa shape index (κ3) is 4.20. The van der Waals surface area contributed by atoms with E-state index in [0.29, 0.717) is 24.2 Å². The Balaban J connectivity index is 2.13. The van der Waals surface area contributed by atoms with Crippen molar-refractivity contribution in [3.63, 3.8) is 0 Å². The smallest absolute Gasteiger partial charge is 0.274 e. The summed E-state index contributed by atoms with van der Waals surface area (Å²) in [6.45, 7) is 10.3. The zero-order chi connectivity index (χ0) is 17.5. The molecule has 0 aliphatic heterocycles. The van der Waals surface area contributed by atoms with E-state index in [1.54, 1.807) is 6.07 Å².